The number of benzene rings is 1. The van der Waals surface area contributed by atoms with Crippen molar-refractivity contribution in [2.45, 2.75) is 26.9 Å². The molecule has 0 aliphatic heterocycles. The third-order valence-electron chi connectivity index (χ3n) is 2.73. The Balaban J connectivity index is 1.95. The van der Waals surface area contributed by atoms with E-state index in [0.717, 1.165) is 17.1 Å². The van der Waals surface area contributed by atoms with Gasteiger partial charge in [-0.3, -0.25) is 0 Å². The maximum atomic E-state index is 13.1. The van der Waals surface area contributed by atoms with Crippen molar-refractivity contribution in [2.75, 3.05) is 6.54 Å². The Labute approximate surface area is 128 Å². The summed E-state index contributed by atoms with van der Waals surface area (Å²) in [4.78, 5) is 9.94. The molecule has 0 saturated carbocycles. The third-order valence-corrected chi connectivity index (χ3v) is 3.64. The van der Waals surface area contributed by atoms with Crippen molar-refractivity contribution in [3.63, 3.8) is 0 Å². The molecule has 0 unspecified atom stereocenters. The Bertz CT molecular complexity index is 609. The maximum absolute atomic E-state index is 13.1. The van der Waals surface area contributed by atoms with Crippen molar-refractivity contribution in [1.82, 2.24) is 15.6 Å². The van der Waals surface area contributed by atoms with E-state index < -0.39 is 0 Å². The molecule has 0 amide bonds. The van der Waals surface area contributed by atoms with E-state index in [1.807, 2.05) is 26.1 Å². The summed E-state index contributed by atoms with van der Waals surface area (Å²) in [6.07, 6.45) is 1.86. The Morgan fingerprint density at radius 1 is 1.38 bits per heavy atom. The molecule has 0 atom stereocenters. The number of nitrogens with one attached hydrogen (secondary N) is 2. The van der Waals surface area contributed by atoms with Gasteiger partial charge in [0.05, 0.1) is 13.1 Å². The number of rotatable bonds is 5. The first kappa shape index (κ1) is 15.4. The SMILES string of the molecule is CCNC(=NCc1cccc(F)c1)NCc1ncc(C)s1. The summed E-state index contributed by atoms with van der Waals surface area (Å²) >= 11 is 1.66. The highest BCUT2D eigenvalue weighted by Crippen LogP contribution is 2.10. The second kappa shape index (κ2) is 7.73. The van der Waals surface area contributed by atoms with E-state index in [1.165, 1.54) is 17.0 Å². The van der Waals surface area contributed by atoms with Crippen LogP contribution >= 0.6 is 11.3 Å². The number of nitrogens with zero attached hydrogens (tertiary/aromatic N) is 2. The van der Waals surface area contributed by atoms with Crippen LogP contribution in [0.3, 0.4) is 0 Å². The first-order valence-corrected chi connectivity index (χ1v) is 7.67. The molecule has 6 heteroatoms. The predicted octanol–water partition coefficient (Wildman–Crippen LogP) is 2.85. The van der Waals surface area contributed by atoms with Crippen LogP contribution in [0.5, 0.6) is 0 Å². The highest BCUT2D eigenvalue weighted by Gasteiger charge is 2.02. The van der Waals surface area contributed by atoms with Gasteiger partial charge in [-0.25, -0.2) is 14.4 Å². The summed E-state index contributed by atoms with van der Waals surface area (Å²) in [7, 11) is 0. The zero-order chi connectivity index (χ0) is 15.1. The highest BCUT2D eigenvalue weighted by molar-refractivity contribution is 7.11. The lowest BCUT2D eigenvalue weighted by molar-refractivity contribution is 0.625. The molecule has 2 rings (SSSR count). The summed E-state index contributed by atoms with van der Waals surface area (Å²) < 4.78 is 13.1. The average Bonchev–Trinajstić information content (AvgIpc) is 2.88. The molecular formula is C15H19FN4S. The van der Waals surface area contributed by atoms with Crippen molar-refractivity contribution >= 4 is 17.3 Å². The van der Waals surface area contributed by atoms with Crippen molar-refractivity contribution in [2.24, 2.45) is 4.99 Å². The lowest BCUT2D eigenvalue weighted by atomic mass is 10.2. The summed E-state index contributed by atoms with van der Waals surface area (Å²) in [6.45, 7) is 5.88. The van der Waals surface area contributed by atoms with Crippen molar-refractivity contribution in [1.29, 1.82) is 0 Å². The molecule has 1 heterocycles. The van der Waals surface area contributed by atoms with Gasteiger partial charge in [0.2, 0.25) is 0 Å². The minimum atomic E-state index is -0.237. The Kier molecular flexibility index (Phi) is 5.68. The summed E-state index contributed by atoms with van der Waals surface area (Å²) in [6, 6.07) is 6.48. The van der Waals surface area contributed by atoms with Crippen LogP contribution in [0.2, 0.25) is 0 Å². The van der Waals surface area contributed by atoms with E-state index in [9.17, 15) is 4.39 Å². The molecule has 2 aromatic rings. The molecule has 112 valence electrons. The average molecular weight is 306 g/mol. The summed E-state index contributed by atoms with van der Waals surface area (Å²) in [5.41, 5.74) is 0.845. The molecular weight excluding hydrogens is 287 g/mol. The van der Waals surface area contributed by atoms with Gasteiger partial charge in [-0.15, -0.1) is 11.3 Å². The van der Waals surface area contributed by atoms with Gasteiger partial charge in [-0.05, 0) is 31.5 Å². The van der Waals surface area contributed by atoms with Gasteiger partial charge in [0, 0.05) is 17.6 Å². The zero-order valence-electron chi connectivity index (χ0n) is 12.2. The second-order valence-corrected chi connectivity index (χ2v) is 5.86. The molecule has 4 nitrogen and oxygen atoms in total. The fraction of sp³-hybridized carbons (Fsp3) is 0.333. The Morgan fingerprint density at radius 3 is 2.90 bits per heavy atom. The van der Waals surface area contributed by atoms with Gasteiger partial charge >= 0.3 is 0 Å². The minimum absolute atomic E-state index is 0.237. The van der Waals surface area contributed by atoms with Crippen molar-refractivity contribution < 1.29 is 4.39 Å². The van der Waals surface area contributed by atoms with Crippen LogP contribution in [0.4, 0.5) is 4.39 Å². The standard InChI is InChI=1S/C15H19FN4S/c1-3-17-15(20-10-14-18-8-11(2)21-14)19-9-12-5-4-6-13(16)7-12/h4-8H,3,9-10H2,1-2H3,(H2,17,19,20). The maximum Gasteiger partial charge on any atom is 0.191 e. The minimum Gasteiger partial charge on any atom is -0.357 e. The van der Waals surface area contributed by atoms with Crippen molar-refractivity contribution in [3.8, 4) is 0 Å². The number of aryl methyl sites for hydroxylation is 1. The molecule has 2 N–H and O–H groups in total. The number of aromatic nitrogens is 1. The number of halogens is 1. The number of hydrogen-bond acceptors (Lipinski definition) is 3. The number of thiazole rings is 1. The third kappa shape index (κ3) is 5.15. The molecule has 0 radical (unpaired) electrons. The van der Waals surface area contributed by atoms with Crippen LogP contribution in [0, 0.1) is 12.7 Å². The molecule has 1 aromatic carbocycles. The number of guanidine groups is 1. The van der Waals surface area contributed by atoms with Crippen LogP contribution in [-0.2, 0) is 13.1 Å². The Morgan fingerprint density at radius 2 is 2.24 bits per heavy atom. The lowest BCUT2D eigenvalue weighted by Gasteiger charge is -2.10. The molecule has 0 saturated heterocycles. The summed E-state index contributed by atoms with van der Waals surface area (Å²) in [5.74, 6) is 0.466. The molecule has 0 spiro atoms. The first-order chi connectivity index (χ1) is 10.2. The predicted molar refractivity (Wildman–Crippen MR) is 84.9 cm³/mol. The van der Waals surface area contributed by atoms with Gasteiger partial charge in [0.15, 0.2) is 5.96 Å². The molecule has 0 aliphatic carbocycles. The van der Waals surface area contributed by atoms with Crippen LogP contribution in [0.15, 0.2) is 35.5 Å². The van der Waals surface area contributed by atoms with Gasteiger partial charge in [0.1, 0.15) is 10.8 Å². The molecule has 0 aliphatic rings. The van der Waals surface area contributed by atoms with E-state index in [1.54, 1.807) is 17.4 Å². The van der Waals surface area contributed by atoms with Crippen LogP contribution in [0.1, 0.15) is 22.4 Å². The largest absolute Gasteiger partial charge is 0.357 e. The van der Waals surface area contributed by atoms with E-state index >= 15 is 0 Å². The lowest BCUT2D eigenvalue weighted by Crippen LogP contribution is -2.36. The Hall–Kier alpha value is -1.95. The molecule has 1 aromatic heterocycles. The number of aliphatic imine (C=N–C) groups is 1. The smallest absolute Gasteiger partial charge is 0.191 e. The summed E-state index contributed by atoms with van der Waals surface area (Å²) in [5, 5.41) is 7.41. The van der Waals surface area contributed by atoms with E-state index in [-0.39, 0.29) is 5.82 Å². The van der Waals surface area contributed by atoms with Crippen LogP contribution < -0.4 is 10.6 Å². The molecule has 0 bridgehead atoms. The molecule has 0 fully saturated rings. The van der Waals surface area contributed by atoms with Crippen LogP contribution in [-0.4, -0.2) is 17.5 Å². The van der Waals surface area contributed by atoms with E-state index in [4.69, 9.17) is 0 Å². The monoisotopic (exact) mass is 306 g/mol. The van der Waals surface area contributed by atoms with E-state index in [2.05, 4.69) is 20.6 Å². The normalized spacial score (nSPS) is 11.5. The van der Waals surface area contributed by atoms with Gasteiger partial charge in [-0.2, -0.15) is 0 Å². The van der Waals surface area contributed by atoms with Gasteiger partial charge in [-0.1, -0.05) is 12.1 Å². The fourth-order valence-electron chi connectivity index (χ4n) is 1.79. The number of hydrogen-bond donors (Lipinski definition) is 2. The molecule has 21 heavy (non-hydrogen) atoms. The van der Waals surface area contributed by atoms with Crippen molar-refractivity contribution in [3.05, 3.63) is 51.7 Å². The topological polar surface area (TPSA) is 49.3 Å². The highest BCUT2D eigenvalue weighted by atomic mass is 32.1. The second-order valence-electron chi connectivity index (χ2n) is 4.54. The van der Waals surface area contributed by atoms with Crippen LogP contribution in [0.25, 0.3) is 0 Å². The van der Waals surface area contributed by atoms with Gasteiger partial charge in [0.25, 0.3) is 0 Å². The zero-order valence-corrected chi connectivity index (χ0v) is 13.0. The van der Waals surface area contributed by atoms with Gasteiger partial charge < -0.3 is 10.6 Å². The first-order valence-electron chi connectivity index (χ1n) is 6.85. The van der Waals surface area contributed by atoms with E-state index in [0.29, 0.717) is 19.0 Å². The fourth-order valence-corrected chi connectivity index (χ4v) is 2.52. The quantitative estimate of drug-likeness (QED) is 0.660.